The van der Waals surface area contributed by atoms with E-state index < -0.39 is 10.0 Å². The molecule has 3 aromatic rings. The lowest BCUT2D eigenvalue weighted by Crippen LogP contribution is -2.32. The zero-order chi connectivity index (χ0) is 22.8. The van der Waals surface area contributed by atoms with Crippen LogP contribution in [0, 0.1) is 18.3 Å². The largest absolute Gasteiger partial charge is 0.391 e. The van der Waals surface area contributed by atoms with Gasteiger partial charge in [-0.3, -0.25) is 4.31 Å². The van der Waals surface area contributed by atoms with E-state index in [1.165, 1.54) is 22.7 Å². The summed E-state index contributed by atoms with van der Waals surface area (Å²) in [6, 6.07) is 25.2. The first kappa shape index (κ1) is 22.8. The van der Waals surface area contributed by atoms with Crippen molar-refractivity contribution in [2.24, 2.45) is 5.16 Å². The van der Waals surface area contributed by atoms with Gasteiger partial charge in [-0.2, -0.15) is 5.26 Å². The number of allylic oxidation sites excluding steroid dienone is 1. The molecule has 0 heterocycles. The van der Waals surface area contributed by atoms with Crippen molar-refractivity contribution in [3.63, 3.8) is 0 Å². The van der Waals surface area contributed by atoms with Crippen LogP contribution < -0.4 is 4.31 Å². The standard InChI is InChI=1S/C25H23N3O3S/c1-21-13-15-24(16-14-21)32(29,30)28(18-8-7-17-26)25-12-6-5-11-23(25)19-27-31-20-22-9-3-2-4-10-22/h2-16,19H,18,20H2,1H3/b8-7+,27-19+. The van der Waals surface area contributed by atoms with E-state index in [0.717, 1.165) is 11.1 Å². The third-order valence-corrected chi connectivity index (χ3v) is 6.41. The van der Waals surface area contributed by atoms with Crippen LogP contribution in [0.15, 0.2) is 101 Å². The Morgan fingerprint density at radius 3 is 2.41 bits per heavy atom. The van der Waals surface area contributed by atoms with Gasteiger partial charge in [0.05, 0.1) is 29.4 Å². The second kappa shape index (κ2) is 10.9. The molecular formula is C25H23N3O3S. The maximum absolute atomic E-state index is 13.4. The van der Waals surface area contributed by atoms with E-state index in [9.17, 15) is 8.42 Å². The van der Waals surface area contributed by atoms with Crippen molar-refractivity contribution >= 4 is 21.9 Å². The molecule has 0 bridgehead atoms. The maximum atomic E-state index is 13.4. The second-order valence-electron chi connectivity index (χ2n) is 6.93. The Kier molecular flexibility index (Phi) is 7.79. The quantitative estimate of drug-likeness (QED) is 0.269. The molecule has 0 aromatic heterocycles. The zero-order valence-electron chi connectivity index (χ0n) is 17.6. The van der Waals surface area contributed by atoms with Gasteiger partial charge in [0.25, 0.3) is 10.0 Å². The predicted molar refractivity (Wildman–Crippen MR) is 126 cm³/mol. The molecule has 0 aliphatic carbocycles. The fourth-order valence-electron chi connectivity index (χ4n) is 2.97. The van der Waals surface area contributed by atoms with Crippen LogP contribution in [-0.2, 0) is 21.5 Å². The first-order chi connectivity index (χ1) is 15.5. The smallest absolute Gasteiger partial charge is 0.264 e. The molecule has 0 N–H and O–H groups in total. The van der Waals surface area contributed by atoms with Crippen molar-refractivity contribution in [3.05, 3.63) is 108 Å². The van der Waals surface area contributed by atoms with Crippen molar-refractivity contribution in [3.8, 4) is 6.07 Å². The third kappa shape index (κ3) is 5.84. The number of hydrogen-bond donors (Lipinski definition) is 0. The Balaban J connectivity index is 1.91. The fraction of sp³-hybridized carbons (Fsp3) is 0.120. The molecule has 0 atom stereocenters. The Hall–Kier alpha value is -3.89. The number of benzene rings is 3. The first-order valence-electron chi connectivity index (χ1n) is 9.94. The van der Waals surface area contributed by atoms with Crippen molar-refractivity contribution in [1.29, 1.82) is 5.26 Å². The summed E-state index contributed by atoms with van der Waals surface area (Å²) in [6.07, 6.45) is 4.26. The molecule has 162 valence electrons. The van der Waals surface area contributed by atoms with E-state index in [1.807, 2.05) is 43.3 Å². The molecule has 3 rings (SSSR count). The monoisotopic (exact) mass is 445 g/mol. The molecule has 3 aromatic carbocycles. The number of aryl methyl sites for hydroxylation is 1. The molecule has 0 unspecified atom stereocenters. The van der Waals surface area contributed by atoms with Gasteiger partial charge < -0.3 is 4.84 Å². The highest BCUT2D eigenvalue weighted by atomic mass is 32.2. The maximum Gasteiger partial charge on any atom is 0.264 e. The average Bonchev–Trinajstić information content (AvgIpc) is 2.81. The van der Waals surface area contributed by atoms with Gasteiger partial charge in [0, 0.05) is 11.6 Å². The van der Waals surface area contributed by atoms with E-state index >= 15 is 0 Å². The number of para-hydroxylation sites is 1. The Labute approximate surface area is 188 Å². The number of nitrogens with zero attached hydrogens (tertiary/aromatic N) is 3. The molecule has 0 radical (unpaired) electrons. The number of sulfonamides is 1. The summed E-state index contributed by atoms with van der Waals surface area (Å²) in [5.41, 5.74) is 2.94. The number of hydrogen-bond acceptors (Lipinski definition) is 5. The summed E-state index contributed by atoms with van der Waals surface area (Å²) in [4.78, 5) is 5.55. The van der Waals surface area contributed by atoms with Crippen LogP contribution in [0.1, 0.15) is 16.7 Å². The number of rotatable bonds is 9. The molecule has 32 heavy (non-hydrogen) atoms. The summed E-state index contributed by atoms with van der Waals surface area (Å²) in [5, 5.41) is 12.9. The van der Waals surface area contributed by atoms with Gasteiger partial charge in [0.15, 0.2) is 0 Å². The first-order valence-corrected chi connectivity index (χ1v) is 11.4. The van der Waals surface area contributed by atoms with Gasteiger partial charge in [-0.1, -0.05) is 77.5 Å². The highest BCUT2D eigenvalue weighted by Crippen LogP contribution is 2.26. The molecule has 0 saturated heterocycles. The van der Waals surface area contributed by atoms with E-state index in [4.69, 9.17) is 10.1 Å². The van der Waals surface area contributed by atoms with Gasteiger partial charge in [-0.05, 0) is 30.7 Å². The van der Waals surface area contributed by atoms with Gasteiger partial charge >= 0.3 is 0 Å². The lowest BCUT2D eigenvalue weighted by Gasteiger charge is -2.24. The van der Waals surface area contributed by atoms with E-state index in [0.29, 0.717) is 17.9 Å². The molecule has 0 spiro atoms. The van der Waals surface area contributed by atoms with Crippen LogP contribution in [0.4, 0.5) is 5.69 Å². The highest BCUT2D eigenvalue weighted by molar-refractivity contribution is 7.92. The van der Waals surface area contributed by atoms with Crippen LogP contribution >= 0.6 is 0 Å². The lowest BCUT2D eigenvalue weighted by atomic mass is 10.2. The molecule has 7 heteroatoms. The molecule has 6 nitrogen and oxygen atoms in total. The summed E-state index contributed by atoms with van der Waals surface area (Å²) in [6.45, 7) is 2.19. The van der Waals surface area contributed by atoms with Gasteiger partial charge in [0.1, 0.15) is 6.61 Å². The Morgan fingerprint density at radius 1 is 1.00 bits per heavy atom. The van der Waals surface area contributed by atoms with Gasteiger partial charge in [-0.15, -0.1) is 0 Å². The number of oxime groups is 1. The topological polar surface area (TPSA) is 82.8 Å². The third-order valence-electron chi connectivity index (χ3n) is 4.62. The molecule has 0 aliphatic rings. The van der Waals surface area contributed by atoms with E-state index in [-0.39, 0.29) is 11.4 Å². The lowest BCUT2D eigenvalue weighted by molar-refractivity contribution is 0.132. The van der Waals surface area contributed by atoms with Gasteiger partial charge in [0.2, 0.25) is 0 Å². The minimum Gasteiger partial charge on any atom is -0.391 e. The number of anilines is 1. The molecule has 0 aliphatic heterocycles. The number of nitriles is 1. The van der Waals surface area contributed by atoms with Crippen molar-refractivity contribution in [2.75, 3.05) is 10.8 Å². The molecule has 0 fully saturated rings. The Bertz CT molecular complexity index is 1230. The molecule has 0 saturated carbocycles. The van der Waals surface area contributed by atoms with E-state index in [2.05, 4.69) is 5.16 Å². The average molecular weight is 446 g/mol. The molecule has 0 amide bonds. The fourth-order valence-corrected chi connectivity index (χ4v) is 4.41. The van der Waals surface area contributed by atoms with Crippen LogP contribution in [0.5, 0.6) is 0 Å². The normalized spacial score (nSPS) is 11.5. The highest BCUT2D eigenvalue weighted by Gasteiger charge is 2.25. The minimum atomic E-state index is -3.88. The Morgan fingerprint density at radius 2 is 1.69 bits per heavy atom. The van der Waals surface area contributed by atoms with Crippen molar-refractivity contribution < 1.29 is 13.3 Å². The SMILES string of the molecule is Cc1ccc(S(=O)(=O)N(C/C=C/C#N)c2ccccc2/C=N/OCc2ccccc2)cc1. The zero-order valence-corrected chi connectivity index (χ0v) is 18.4. The minimum absolute atomic E-state index is 0.000500. The summed E-state index contributed by atoms with van der Waals surface area (Å²) in [7, 11) is -3.88. The van der Waals surface area contributed by atoms with Crippen LogP contribution in [0.2, 0.25) is 0 Å². The predicted octanol–water partition coefficient (Wildman–Crippen LogP) is 4.82. The van der Waals surface area contributed by atoms with Gasteiger partial charge in [-0.25, -0.2) is 8.42 Å². The second-order valence-corrected chi connectivity index (χ2v) is 8.80. The van der Waals surface area contributed by atoms with Crippen LogP contribution in [-0.4, -0.2) is 21.2 Å². The van der Waals surface area contributed by atoms with Crippen LogP contribution in [0.25, 0.3) is 0 Å². The van der Waals surface area contributed by atoms with Crippen LogP contribution in [0.3, 0.4) is 0 Å². The summed E-state index contributed by atoms with van der Waals surface area (Å²) < 4.78 is 28.1. The van der Waals surface area contributed by atoms with Crippen molar-refractivity contribution in [1.82, 2.24) is 0 Å². The summed E-state index contributed by atoms with van der Waals surface area (Å²) in [5.74, 6) is 0. The van der Waals surface area contributed by atoms with Crippen molar-refractivity contribution in [2.45, 2.75) is 18.4 Å². The summed E-state index contributed by atoms with van der Waals surface area (Å²) >= 11 is 0. The molecular weight excluding hydrogens is 422 g/mol. The van der Waals surface area contributed by atoms with E-state index in [1.54, 1.807) is 48.5 Å².